The van der Waals surface area contributed by atoms with E-state index in [1.54, 1.807) is 6.20 Å². The maximum absolute atomic E-state index is 6.15. The number of nitrogens with zero attached hydrogens (tertiary/aromatic N) is 3. The number of hydrogen-bond acceptors (Lipinski definition) is 5. The Morgan fingerprint density at radius 3 is 2.76 bits per heavy atom. The van der Waals surface area contributed by atoms with Crippen LogP contribution < -0.4 is 5.73 Å². The molecule has 1 atom stereocenters. The smallest absolute Gasteiger partial charge is 0.244 e. The largest absolute Gasteiger partial charge is 0.337 e. The molecule has 3 aromatic rings. The molecule has 0 aliphatic heterocycles. The van der Waals surface area contributed by atoms with E-state index in [4.69, 9.17) is 10.3 Å². The van der Waals surface area contributed by atoms with Gasteiger partial charge in [0.25, 0.3) is 0 Å². The standard InChI is InChI=1S/C16H18N4O/c1-16(2,3)13(17)15-19-14(20-21-15)11-6-7-12-10(9-11)5-4-8-18-12/h4-9,13H,17H2,1-3H3/t13-/m0/s1. The molecule has 0 saturated carbocycles. The summed E-state index contributed by atoms with van der Waals surface area (Å²) in [7, 11) is 0. The van der Waals surface area contributed by atoms with Crippen LogP contribution in [0.4, 0.5) is 0 Å². The Morgan fingerprint density at radius 1 is 1.19 bits per heavy atom. The normalized spacial score (nSPS) is 13.5. The number of benzene rings is 1. The minimum Gasteiger partial charge on any atom is -0.337 e. The van der Waals surface area contributed by atoms with E-state index in [0.717, 1.165) is 16.5 Å². The van der Waals surface area contributed by atoms with Crippen LogP contribution in [0.2, 0.25) is 0 Å². The van der Waals surface area contributed by atoms with Crippen molar-refractivity contribution in [2.45, 2.75) is 26.8 Å². The first-order valence-corrected chi connectivity index (χ1v) is 6.89. The highest BCUT2D eigenvalue weighted by Gasteiger charge is 2.27. The van der Waals surface area contributed by atoms with Crippen molar-refractivity contribution >= 4 is 10.9 Å². The SMILES string of the molecule is CC(C)(C)[C@@H](N)c1nc(-c2ccc3ncccc3c2)no1. The fourth-order valence-electron chi connectivity index (χ4n) is 2.06. The predicted molar refractivity (Wildman–Crippen MR) is 81.4 cm³/mol. The lowest BCUT2D eigenvalue weighted by Gasteiger charge is -2.23. The molecule has 5 nitrogen and oxygen atoms in total. The van der Waals surface area contributed by atoms with Gasteiger partial charge >= 0.3 is 0 Å². The fraction of sp³-hybridized carbons (Fsp3) is 0.312. The monoisotopic (exact) mass is 282 g/mol. The molecule has 0 aliphatic rings. The minimum absolute atomic E-state index is 0.128. The average Bonchev–Trinajstić information content (AvgIpc) is 2.94. The molecule has 2 N–H and O–H groups in total. The molecule has 0 fully saturated rings. The van der Waals surface area contributed by atoms with Gasteiger partial charge in [-0.3, -0.25) is 4.98 Å². The van der Waals surface area contributed by atoms with Crippen LogP contribution in [-0.4, -0.2) is 15.1 Å². The van der Waals surface area contributed by atoms with E-state index in [0.29, 0.717) is 11.7 Å². The topological polar surface area (TPSA) is 77.8 Å². The summed E-state index contributed by atoms with van der Waals surface area (Å²) in [5.74, 6) is 1.01. The number of fused-ring (bicyclic) bond motifs is 1. The lowest BCUT2D eigenvalue weighted by atomic mass is 9.87. The van der Waals surface area contributed by atoms with Crippen LogP contribution in [0.1, 0.15) is 32.7 Å². The van der Waals surface area contributed by atoms with Gasteiger partial charge in [0, 0.05) is 17.1 Å². The Kier molecular flexibility index (Phi) is 3.22. The van der Waals surface area contributed by atoms with E-state index >= 15 is 0 Å². The molecule has 108 valence electrons. The van der Waals surface area contributed by atoms with Crippen LogP contribution in [0.15, 0.2) is 41.1 Å². The van der Waals surface area contributed by atoms with E-state index in [9.17, 15) is 0 Å². The molecule has 2 aromatic heterocycles. The van der Waals surface area contributed by atoms with Crippen molar-refractivity contribution in [3.63, 3.8) is 0 Å². The second-order valence-corrected chi connectivity index (χ2v) is 6.21. The number of nitrogens with two attached hydrogens (primary N) is 1. The first kappa shape index (κ1) is 13.7. The van der Waals surface area contributed by atoms with E-state index in [1.165, 1.54) is 0 Å². The average molecular weight is 282 g/mol. The number of aromatic nitrogens is 3. The number of hydrogen-bond donors (Lipinski definition) is 1. The van der Waals surface area contributed by atoms with Crippen molar-refractivity contribution in [3.8, 4) is 11.4 Å². The third-order valence-corrected chi connectivity index (χ3v) is 3.50. The van der Waals surface area contributed by atoms with Crippen molar-refractivity contribution < 1.29 is 4.52 Å². The molecule has 0 bridgehead atoms. The Hall–Kier alpha value is -2.27. The second kappa shape index (κ2) is 4.93. The van der Waals surface area contributed by atoms with Gasteiger partial charge < -0.3 is 10.3 Å². The van der Waals surface area contributed by atoms with Crippen LogP contribution in [0.3, 0.4) is 0 Å². The Morgan fingerprint density at radius 2 is 2.00 bits per heavy atom. The van der Waals surface area contributed by atoms with Gasteiger partial charge in [-0.25, -0.2) is 0 Å². The molecule has 5 heteroatoms. The van der Waals surface area contributed by atoms with Crippen molar-refractivity contribution in [1.82, 2.24) is 15.1 Å². The fourth-order valence-corrected chi connectivity index (χ4v) is 2.06. The molecule has 21 heavy (non-hydrogen) atoms. The van der Waals surface area contributed by atoms with Crippen molar-refractivity contribution in [1.29, 1.82) is 0 Å². The third kappa shape index (κ3) is 2.64. The maximum atomic E-state index is 6.15. The van der Waals surface area contributed by atoms with E-state index in [1.807, 2.05) is 51.1 Å². The molecule has 3 rings (SSSR count). The first-order valence-electron chi connectivity index (χ1n) is 6.89. The van der Waals surface area contributed by atoms with Crippen molar-refractivity contribution in [2.75, 3.05) is 0 Å². The van der Waals surface area contributed by atoms with Gasteiger partial charge in [-0.1, -0.05) is 32.0 Å². The van der Waals surface area contributed by atoms with Crippen LogP contribution >= 0.6 is 0 Å². The summed E-state index contributed by atoms with van der Waals surface area (Å²) in [6.07, 6.45) is 1.77. The van der Waals surface area contributed by atoms with Gasteiger partial charge in [0.05, 0.1) is 11.6 Å². The molecule has 0 aliphatic carbocycles. The van der Waals surface area contributed by atoms with Gasteiger partial charge in [-0.2, -0.15) is 4.98 Å². The zero-order valence-corrected chi connectivity index (χ0v) is 12.4. The predicted octanol–water partition coefficient (Wildman–Crippen LogP) is 3.33. The van der Waals surface area contributed by atoms with Crippen LogP contribution in [-0.2, 0) is 0 Å². The molecule has 0 amide bonds. The zero-order chi connectivity index (χ0) is 15.0. The third-order valence-electron chi connectivity index (χ3n) is 3.50. The molecular weight excluding hydrogens is 264 g/mol. The highest BCUT2D eigenvalue weighted by atomic mass is 16.5. The summed E-state index contributed by atoms with van der Waals surface area (Å²) in [5.41, 5.74) is 7.86. The Bertz CT molecular complexity index is 773. The molecule has 0 radical (unpaired) electrons. The highest BCUT2D eigenvalue weighted by Crippen LogP contribution is 2.30. The Balaban J connectivity index is 1.98. The van der Waals surface area contributed by atoms with Crippen LogP contribution in [0.5, 0.6) is 0 Å². The zero-order valence-electron chi connectivity index (χ0n) is 12.4. The Labute approximate surface area is 123 Å². The van der Waals surface area contributed by atoms with E-state index in [2.05, 4.69) is 15.1 Å². The van der Waals surface area contributed by atoms with Gasteiger partial charge in [0.2, 0.25) is 11.7 Å². The second-order valence-electron chi connectivity index (χ2n) is 6.21. The maximum Gasteiger partial charge on any atom is 0.244 e. The lowest BCUT2D eigenvalue weighted by Crippen LogP contribution is -2.26. The summed E-state index contributed by atoms with van der Waals surface area (Å²) in [6.45, 7) is 6.13. The van der Waals surface area contributed by atoms with Crippen LogP contribution in [0, 0.1) is 5.41 Å². The van der Waals surface area contributed by atoms with Crippen molar-refractivity contribution in [2.24, 2.45) is 11.1 Å². The molecular formula is C16H18N4O. The summed E-state index contributed by atoms with van der Waals surface area (Å²) in [6, 6.07) is 9.51. The molecule has 0 saturated heterocycles. The summed E-state index contributed by atoms with van der Waals surface area (Å²) >= 11 is 0. The molecule has 0 unspecified atom stereocenters. The quantitative estimate of drug-likeness (QED) is 0.780. The van der Waals surface area contributed by atoms with Gasteiger partial charge in [-0.15, -0.1) is 0 Å². The minimum atomic E-state index is -0.291. The summed E-state index contributed by atoms with van der Waals surface area (Å²) in [5, 5.41) is 5.08. The lowest BCUT2D eigenvalue weighted by molar-refractivity contribution is 0.253. The van der Waals surface area contributed by atoms with Gasteiger partial charge in [0.1, 0.15) is 0 Å². The molecule has 0 spiro atoms. The van der Waals surface area contributed by atoms with Crippen LogP contribution in [0.25, 0.3) is 22.3 Å². The van der Waals surface area contributed by atoms with E-state index < -0.39 is 0 Å². The molecule has 2 heterocycles. The number of pyridine rings is 1. The summed E-state index contributed by atoms with van der Waals surface area (Å²) < 4.78 is 5.32. The number of rotatable bonds is 2. The van der Waals surface area contributed by atoms with Gasteiger partial charge in [-0.05, 0) is 29.7 Å². The summed E-state index contributed by atoms with van der Waals surface area (Å²) in [4.78, 5) is 8.73. The van der Waals surface area contributed by atoms with Crippen molar-refractivity contribution in [3.05, 3.63) is 42.4 Å². The van der Waals surface area contributed by atoms with Gasteiger partial charge in [0.15, 0.2) is 0 Å². The first-order chi connectivity index (χ1) is 9.95. The molecule has 1 aromatic carbocycles. The van der Waals surface area contributed by atoms with E-state index in [-0.39, 0.29) is 11.5 Å². The highest BCUT2D eigenvalue weighted by molar-refractivity contribution is 5.82.